The van der Waals surface area contributed by atoms with Gasteiger partial charge in [-0.3, -0.25) is 0 Å². The van der Waals surface area contributed by atoms with E-state index < -0.39 is 5.97 Å². The summed E-state index contributed by atoms with van der Waals surface area (Å²) in [5.74, 6) is 0.399. The minimum Gasteiger partial charge on any atom is -0.490 e. The van der Waals surface area contributed by atoms with Crippen molar-refractivity contribution in [3.8, 4) is 5.75 Å². The molecule has 0 fully saturated rings. The first-order valence-corrected chi connectivity index (χ1v) is 6.90. The van der Waals surface area contributed by atoms with Crippen molar-refractivity contribution < 1.29 is 14.6 Å². The van der Waals surface area contributed by atoms with Gasteiger partial charge in [0, 0.05) is 5.39 Å². The van der Waals surface area contributed by atoms with E-state index in [0.29, 0.717) is 16.9 Å². The van der Waals surface area contributed by atoms with E-state index in [4.69, 9.17) is 4.74 Å². The van der Waals surface area contributed by atoms with Crippen molar-refractivity contribution in [1.29, 1.82) is 0 Å². The summed E-state index contributed by atoms with van der Waals surface area (Å²) in [7, 11) is 0. The average Bonchev–Trinajstić information content (AvgIpc) is 2.37. The van der Waals surface area contributed by atoms with E-state index in [9.17, 15) is 9.90 Å². The summed E-state index contributed by atoms with van der Waals surface area (Å²) >= 11 is 0. The van der Waals surface area contributed by atoms with Crippen LogP contribution in [0.15, 0.2) is 36.4 Å². The number of carboxylic acid groups (broad SMARTS) is 1. The smallest absolute Gasteiger partial charge is 0.336 e. The number of fused-ring (bicyclic) bond motifs is 1. The number of hydrogen-bond acceptors (Lipinski definition) is 2. The Hall–Kier alpha value is -2.03. The Bertz CT molecular complexity index is 617. The fourth-order valence-electron chi connectivity index (χ4n) is 2.49. The molecule has 3 heteroatoms. The van der Waals surface area contributed by atoms with Gasteiger partial charge in [-0.1, -0.05) is 38.1 Å². The Morgan fingerprint density at radius 1 is 1.10 bits per heavy atom. The van der Waals surface area contributed by atoms with E-state index in [1.165, 1.54) is 0 Å². The van der Waals surface area contributed by atoms with Gasteiger partial charge in [-0.2, -0.15) is 0 Å². The quantitative estimate of drug-likeness (QED) is 0.880. The van der Waals surface area contributed by atoms with Crippen molar-refractivity contribution in [2.24, 2.45) is 5.92 Å². The molecule has 0 spiro atoms. The fraction of sp³-hybridized carbons (Fsp3) is 0.353. The van der Waals surface area contributed by atoms with Crippen LogP contribution < -0.4 is 4.74 Å². The molecule has 0 aliphatic carbocycles. The topological polar surface area (TPSA) is 46.5 Å². The first kappa shape index (κ1) is 14.4. The van der Waals surface area contributed by atoms with Crippen molar-refractivity contribution in [1.82, 2.24) is 0 Å². The predicted molar refractivity (Wildman–Crippen MR) is 80.5 cm³/mol. The molecule has 106 valence electrons. The molecule has 1 unspecified atom stereocenters. The van der Waals surface area contributed by atoms with Gasteiger partial charge in [0.2, 0.25) is 0 Å². The third-order valence-corrected chi connectivity index (χ3v) is 3.25. The zero-order chi connectivity index (χ0) is 14.7. The van der Waals surface area contributed by atoms with Crippen LogP contribution in [0.1, 0.15) is 37.6 Å². The molecule has 1 atom stereocenters. The van der Waals surface area contributed by atoms with Crippen molar-refractivity contribution >= 4 is 16.7 Å². The fourth-order valence-corrected chi connectivity index (χ4v) is 2.49. The lowest BCUT2D eigenvalue weighted by Crippen LogP contribution is -2.14. The second-order valence-corrected chi connectivity index (χ2v) is 5.52. The molecule has 0 heterocycles. The average molecular weight is 272 g/mol. The molecule has 20 heavy (non-hydrogen) atoms. The molecule has 2 aromatic rings. The lowest BCUT2D eigenvalue weighted by atomic mass is 10.0. The van der Waals surface area contributed by atoms with E-state index >= 15 is 0 Å². The van der Waals surface area contributed by atoms with Crippen molar-refractivity contribution in [3.63, 3.8) is 0 Å². The van der Waals surface area contributed by atoms with Gasteiger partial charge in [-0.05, 0) is 36.8 Å². The van der Waals surface area contributed by atoms with Crippen LogP contribution >= 0.6 is 0 Å². The van der Waals surface area contributed by atoms with Crippen molar-refractivity contribution in [3.05, 3.63) is 42.0 Å². The first-order chi connectivity index (χ1) is 9.49. The number of rotatable bonds is 5. The minimum atomic E-state index is -0.914. The molecule has 0 aromatic heterocycles. The Morgan fingerprint density at radius 3 is 2.35 bits per heavy atom. The summed E-state index contributed by atoms with van der Waals surface area (Å²) in [6.45, 7) is 6.36. The van der Waals surface area contributed by atoms with E-state index in [2.05, 4.69) is 13.8 Å². The molecule has 0 radical (unpaired) electrons. The van der Waals surface area contributed by atoms with Gasteiger partial charge >= 0.3 is 5.97 Å². The number of carboxylic acids is 1. The van der Waals surface area contributed by atoms with Gasteiger partial charge in [0.25, 0.3) is 0 Å². The molecule has 1 N–H and O–H groups in total. The summed E-state index contributed by atoms with van der Waals surface area (Å²) in [6, 6.07) is 10.8. The van der Waals surface area contributed by atoms with E-state index in [-0.39, 0.29) is 6.10 Å². The predicted octanol–water partition coefficient (Wildman–Crippen LogP) is 4.35. The molecule has 2 rings (SSSR count). The summed E-state index contributed by atoms with van der Waals surface area (Å²) in [5.41, 5.74) is 0.310. The molecule has 3 nitrogen and oxygen atoms in total. The van der Waals surface area contributed by atoms with E-state index in [0.717, 1.165) is 17.6 Å². The van der Waals surface area contributed by atoms with Gasteiger partial charge in [0.1, 0.15) is 5.75 Å². The Labute approximate surface area is 119 Å². The molecule has 2 aromatic carbocycles. The summed E-state index contributed by atoms with van der Waals surface area (Å²) in [5, 5.41) is 10.8. The van der Waals surface area contributed by atoms with Crippen LogP contribution in [0.5, 0.6) is 5.75 Å². The van der Waals surface area contributed by atoms with Crippen LogP contribution in [0.3, 0.4) is 0 Å². The highest BCUT2D eigenvalue weighted by molar-refractivity contribution is 6.05. The normalized spacial score (nSPS) is 12.6. The summed E-state index contributed by atoms with van der Waals surface area (Å²) in [4.78, 5) is 11.3. The van der Waals surface area contributed by atoms with Crippen LogP contribution in [-0.2, 0) is 0 Å². The van der Waals surface area contributed by atoms with Crippen molar-refractivity contribution in [2.75, 3.05) is 0 Å². The molecule has 0 aliphatic rings. The van der Waals surface area contributed by atoms with Crippen LogP contribution in [0.2, 0.25) is 0 Å². The monoisotopic (exact) mass is 272 g/mol. The number of carbonyl (C=O) groups is 1. The third-order valence-electron chi connectivity index (χ3n) is 3.25. The van der Waals surface area contributed by atoms with Gasteiger partial charge in [0.05, 0.1) is 11.7 Å². The molecular weight excluding hydrogens is 252 g/mol. The van der Waals surface area contributed by atoms with Gasteiger partial charge in [-0.25, -0.2) is 4.79 Å². The van der Waals surface area contributed by atoms with Gasteiger partial charge in [0.15, 0.2) is 0 Å². The largest absolute Gasteiger partial charge is 0.490 e. The second kappa shape index (κ2) is 5.95. The molecular formula is C17H20O3. The van der Waals surface area contributed by atoms with E-state index in [1.54, 1.807) is 12.1 Å². The molecule has 0 aliphatic heterocycles. The molecule has 0 amide bonds. The van der Waals surface area contributed by atoms with Crippen molar-refractivity contribution in [2.45, 2.75) is 33.3 Å². The van der Waals surface area contributed by atoms with Crippen LogP contribution in [-0.4, -0.2) is 17.2 Å². The zero-order valence-corrected chi connectivity index (χ0v) is 12.1. The Kier molecular flexibility index (Phi) is 4.28. The standard InChI is InChI=1S/C17H20O3/c1-11(2)10-12(3)20-16-9-8-15(17(18)19)13-6-4-5-7-14(13)16/h4-9,11-12H,10H2,1-3H3,(H,18,19). The number of benzene rings is 2. The molecule has 0 saturated heterocycles. The lowest BCUT2D eigenvalue weighted by molar-refractivity contribution is 0.0699. The van der Waals surface area contributed by atoms with Gasteiger partial charge < -0.3 is 9.84 Å². The zero-order valence-electron chi connectivity index (χ0n) is 12.1. The first-order valence-electron chi connectivity index (χ1n) is 6.90. The maximum Gasteiger partial charge on any atom is 0.336 e. The maximum atomic E-state index is 11.3. The maximum absolute atomic E-state index is 11.3. The summed E-state index contributed by atoms with van der Waals surface area (Å²) in [6.07, 6.45) is 1.07. The summed E-state index contributed by atoms with van der Waals surface area (Å²) < 4.78 is 5.98. The number of hydrogen-bond donors (Lipinski definition) is 1. The van der Waals surface area contributed by atoms with Crippen LogP contribution in [0.4, 0.5) is 0 Å². The Morgan fingerprint density at radius 2 is 1.75 bits per heavy atom. The molecule has 0 bridgehead atoms. The molecule has 0 saturated carbocycles. The SMILES string of the molecule is CC(C)CC(C)Oc1ccc(C(=O)O)c2ccccc12. The third kappa shape index (κ3) is 3.10. The number of aromatic carboxylic acids is 1. The highest BCUT2D eigenvalue weighted by atomic mass is 16.5. The highest BCUT2D eigenvalue weighted by Crippen LogP contribution is 2.30. The lowest BCUT2D eigenvalue weighted by Gasteiger charge is -2.18. The Balaban J connectivity index is 2.40. The minimum absolute atomic E-state index is 0.106. The van der Waals surface area contributed by atoms with Crippen LogP contribution in [0, 0.1) is 5.92 Å². The second-order valence-electron chi connectivity index (χ2n) is 5.52. The van der Waals surface area contributed by atoms with Gasteiger partial charge in [-0.15, -0.1) is 0 Å². The van der Waals surface area contributed by atoms with Crippen LogP contribution in [0.25, 0.3) is 10.8 Å². The highest BCUT2D eigenvalue weighted by Gasteiger charge is 2.14. The number of ether oxygens (including phenoxy) is 1. The van der Waals surface area contributed by atoms with E-state index in [1.807, 2.05) is 31.2 Å².